The Kier molecular flexibility index (Phi) is 6.77. The van der Waals surface area contributed by atoms with Gasteiger partial charge >= 0.3 is 0 Å². The Hall–Kier alpha value is -3.52. The van der Waals surface area contributed by atoms with E-state index in [0.29, 0.717) is 11.5 Å². The molecular formula is C40H48O2. The van der Waals surface area contributed by atoms with Crippen molar-refractivity contribution in [2.45, 2.75) is 105 Å². The van der Waals surface area contributed by atoms with E-state index in [9.17, 15) is 10.2 Å². The first-order valence-corrected chi connectivity index (χ1v) is 15.2. The van der Waals surface area contributed by atoms with Gasteiger partial charge in [0.15, 0.2) is 0 Å². The second kappa shape index (κ2) is 9.49. The molecule has 0 saturated carbocycles. The highest BCUT2D eigenvalue weighted by Crippen LogP contribution is 2.49. The number of phenolic OH excluding ortho intramolecular Hbond substituents is 2. The predicted molar refractivity (Wildman–Crippen MR) is 182 cm³/mol. The minimum absolute atomic E-state index is 0.223. The van der Waals surface area contributed by atoms with Crippen LogP contribution in [-0.4, -0.2) is 10.2 Å². The number of aromatic hydroxyl groups is 2. The van der Waals surface area contributed by atoms with Crippen LogP contribution >= 0.6 is 0 Å². The molecule has 220 valence electrons. The molecule has 0 radical (unpaired) electrons. The van der Waals surface area contributed by atoms with E-state index in [4.69, 9.17) is 0 Å². The maximum Gasteiger partial charge on any atom is 0.123 e. The van der Waals surface area contributed by atoms with Crippen molar-refractivity contribution in [3.63, 3.8) is 0 Å². The molecule has 5 rings (SSSR count). The summed E-state index contributed by atoms with van der Waals surface area (Å²) >= 11 is 0. The van der Waals surface area contributed by atoms with Crippen molar-refractivity contribution in [1.29, 1.82) is 0 Å². The molecule has 2 N–H and O–H groups in total. The van der Waals surface area contributed by atoms with Crippen molar-refractivity contribution in [2.75, 3.05) is 0 Å². The molecule has 0 aliphatic heterocycles. The first-order chi connectivity index (χ1) is 19.2. The Morgan fingerprint density at radius 1 is 0.405 bits per heavy atom. The summed E-state index contributed by atoms with van der Waals surface area (Å²) in [6, 6.07) is 17.7. The highest BCUT2D eigenvalue weighted by Gasteiger charge is 2.30. The first kappa shape index (κ1) is 30.0. The third-order valence-corrected chi connectivity index (χ3v) is 8.74. The molecule has 0 aromatic heterocycles. The molecule has 0 saturated heterocycles. The average Bonchev–Trinajstić information content (AvgIpc) is 3.26. The van der Waals surface area contributed by atoms with Gasteiger partial charge in [-0.1, -0.05) is 120 Å². The molecule has 2 heteroatoms. The summed E-state index contributed by atoms with van der Waals surface area (Å²) in [7, 11) is 0. The van der Waals surface area contributed by atoms with Gasteiger partial charge in [-0.25, -0.2) is 0 Å². The average molecular weight is 561 g/mol. The fraction of sp³-hybridized carbons (Fsp3) is 0.400. The first-order valence-electron chi connectivity index (χ1n) is 15.2. The summed E-state index contributed by atoms with van der Waals surface area (Å²) in [5.74, 6) is 0.796. The largest absolute Gasteiger partial charge is 0.507 e. The maximum atomic E-state index is 11.5. The van der Waals surface area contributed by atoms with Gasteiger partial charge in [0.1, 0.15) is 11.5 Å². The van der Waals surface area contributed by atoms with Crippen molar-refractivity contribution in [3.05, 3.63) is 81.9 Å². The van der Waals surface area contributed by atoms with E-state index in [0.717, 1.165) is 44.5 Å². The molecule has 0 spiro atoms. The molecule has 0 unspecified atom stereocenters. The van der Waals surface area contributed by atoms with E-state index in [-0.39, 0.29) is 21.7 Å². The zero-order chi connectivity index (χ0) is 31.2. The lowest BCUT2D eigenvalue weighted by molar-refractivity contribution is 0.422. The summed E-state index contributed by atoms with van der Waals surface area (Å²) < 4.78 is 0. The Balaban J connectivity index is 1.93. The summed E-state index contributed by atoms with van der Waals surface area (Å²) in [6.45, 7) is 26.0. The van der Waals surface area contributed by atoms with Gasteiger partial charge in [0.25, 0.3) is 0 Å². The van der Waals surface area contributed by atoms with Gasteiger partial charge in [0.05, 0.1) is 0 Å². The van der Waals surface area contributed by atoms with E-state index >= 15 is 0 Å². The lowest BCUT2D eigenvalue weighted by Gasteiger charge is -2.29. The van der Waals surface area contributed by atoms with Crippen LogP contribution in [0.25, 0.3) is 45.2 Å². The number of hydrogen-bond acceptors (Lipinski definition) is 2. The van der Waals surface area contributed by atoms with Crippen molar-refractivity contribution in [1.82, 2.24) is 0 Å². The van der Waals surface area contributed by atoms with Crippen LogP contribution in [0.4, 0.5) is 0 Å². The van der Waals surface area contributed by atoms with E-state index < -0.39 is 0 Å². The SMILES string of the molecule is CC(C)(C)c1cc(-c2ccc3c4c(ccc(-c5cc(C(C)(C)C)c(O)c(C(C)(C)C)c5)c24)C=C3)cc(C(C)(C)C)c1O. The van der Waals surface area contributed by atoms with Crippen molar-refractivity contribution >= 4 is 22.9 Å². The smallest absolute Gasteiger partial charge is 0.123 e. The Morgan fingerprint density at radius 2 is 0.690 bits per heavy atom. The third-order valence-electron chi connectivity index (χ3n) is 8.74. The predicted octanol–water partition coefficient (Wildman–Crippen LogP) is 11.3. The monoisotopic (exact) mass is 560 g/mol. The number of phenols is 2. The third kappa shape index (κ3) is 5.04. The molecule has 4 aromatic carbocycles. The molecule has 1 aliphatic carbocycles. The van der Waals surface area contributed by atoms with Crippen molar-refractivity contribution in [2.24, 2.45) is 0 Å². The van der Waals surface area contributed by atoms with Crippen molar-refractivity contribution in [3.8, 4) is 33.8 Å². The van der Waals surface area contributed by atoms with Crippen molar-refractivity contribution < 1.29 is 10.2 Å². The van der Waals surface area contributed by atoms with Gasteiger partial charge < -0.3 is 10.2 Å². The molecule has 1 aliphatic rings. The molecule has 4 aromatic rings. The van der Waals surface area contributed by atoms with Crippen LogP contribution in [0.3, 0.4) is 0 Å². The fourth-order valence-corrected chi connectivity index (χ4v) is 6.35. The highest BCUT2D eigenvalue weighted by molar-refractivity contribution is 6.16. The van der Waals surface area contributed by atoms with Crippen LogP contribution in [-0.2, 0) is 21.7 Å². The van der Waals surface area contributed by atoms with Crippen LogP contribution in [0.15, 0.2) is 48.5 Å². The zero-order valence-electron chi connectivity index (χ0n) is 27.7. The molecule has 0 bridgehead atoms. The Bertz CT molecular complexity index is 1560. The van der Waals surface area contributed by atoms with Crippen LogP contribution in [0.5, 0.6) is 11.5 Å². The van der Waals surface area contributed by atoms with Crippen LogP contribution in [0.1, 0.15) is 116 Å². The van der Waals surface area contributed by atoms with E-state index in [1.165, 1.54) is 21.9 Å². The van der Waals surface area contributed by atoms with Gasteiger partial charge in [-0.15, -0.1) is 0 Å². The summed E-state index contributed by atoms with van der Waals surface area (Å²) in [6.07, 6.45) is 4.42. The topological polar surface area (TPSA) is 40.5 Å². The number of hydrogen-bond donors (Lipinski definition) is 2. The molecular weight excluding hydrogens is 512 g/mol. The molecule has 0 fully saturated rings. The highest BCUT2D eigenvalue weighted by atomic mass is 16.3. The second-order valence-electron chi connectivity index (χ2n) is 16.3. The lowest BCUT2D eigenvalue weighted by Crippen LogP contribution is -2.17. The Morgan fingerprint density at radius 3 is 0.952 bits per heavy atom. The van der Waals surface area contributed by atoms with Crippen LogP contribution in [0.2, 0.25) is 0 Å². The van der Waals surface area contributed by atoms with Gasteiger partial charge in [-0.2, -0.15) is 0 Å². The minimum Gasteiger partial charge on any atom is -0.507 e. The van der Waals surface area contributed by atoms with Gasteiger partial charge in [-0.3, -0.25) is 0 Å². The molecule has 0 atom stereocenters. The fourth-order valence-electron chi connectivity index (χ4n) is 6.35. The van der Waals surface area contributed by atoms with Crippen LogP contribution < -0.4 is 0 Å². The number of rotatable bonds is 2. The van der Waals surface area contributed by atoms with E-state index in [2.05, 4.69) is 144 Å². The quantitative estimate of drug-likeness (QED) is 0.225. The second-order valence-corrected chi connectivity index (χ2v) is 16.3. The molecule has 0 amide bonds. The molecule has 2 nitrogen and oxygen atoms in total. The number of benzene rings is 4. The van der Waals surface area contributed by atoms with E-state index in [1.54, 1.807) is 0 Å². The molecule has 0 heterocycles. The van der Waals surface area contributed by atoms with Gasteiger partial charge in [0.2, 0.25) is 0 Å². The maximum absolute atomic E-state index is 11.5. The van der Waals surface area contributed by atoms with Crippen LogP contribution in [0, 0.1) is 0 Å². The summed E-state index contributed by atoms with van der Waals surface area (Å²) in [4.78, 5) is 0. The molecule has 42 heavy (non-hydrogen) atoms. The van der Waals surface area contributed by atoms with E-state index in [1.807, 2.05) is 0 Å². The summed E-state index contributed by atoms with van der Waals surface area (Å²) in [5.41, 5.74) is 9.95. The van der Waals surface area contributed by atoms with Gasteiger partial charge in [-0.05, 0) is 90.1 Å². The Labute approximate surface area is 253 Å². The van der Waals surface area contributed by atoms with Gasteiger partial charge in [0, 0.05) is 22.3 Å². The summed E-state index contributed by atoms with van der Waals surface area (Å²) in [5, 5.41) is 25.4. The zero-order valence-corrected chi connectivity index (χ0v) is 27.7. The minimum atomic E-state index is -0.223. The normalized spacial score (nSPS) is 13.8. The lowest BCUT2D eigenvalue weighted by atomic mass is 9.76. The standard InChI is InChI=1S/C40H48O2/c1-37(2,3)29-19-25(20-30(35(29)41)38(4,5)6)27-17-15-23-13-14-24-16-18-28(34(27)33(23)24)26-21-31(39(7,8)9)36(42)32(22-26)40(10,11)12/h13-22,41-42H,1-12H3.